The van der Waals surface area contributed by atoms with Crippen LogP contribution < -0.4 is 0 Å². The fourth-order valence-electron chi connectivity index (χ4n) is 4.43. The molecular weight excluding hydrogens is 595 g/mol. The number of hydrogen-bond donors (Lipinski definition) is 3. The van der Waals surface area contributed by atoms with Crippen LogP contribution in [0, 0.1) is 0 Å². The highest BCUT2D eigenvalue weighted by Crippen LogP contribution is 2.43. The molecule has 0 spiro atoms. The lowest BCUT2D eigenvalue weighted by molar-refractivity contribution is -0.154. The Bertz CT molecular complexity index is 800. The van der Waals surface area contributed by atoms with Crippen molar-refractivity contribution in [3.05, 3.63) is 36.5 Å². The predicted octanol–water partition coefficient (Wildman–Crippen LogP) is 8.52. The van der Waals surface area contributed by atoms with Crippen molar-refractivity contribution in [2.24, 2.45) is 0 Å². The van der Waals surface area contributed by atoms with E-state index in [4.69, 9.17) is 23.6 Å². The minimum absolute atomic E-state index is 0.0411. The van der Waals surface area contributed by atoms with E-state index in [0.29, 0.717) is 6.61 Å². The monoisotopic (exact) mass is 660 g/mol. The number of phosphoric acid groups is 1. The summed E-state index contributed by atoms with van der Waals surface area (Å²) in [5.74, 6) is -0.395. The second-order valence-electron chi connectivity index (χ2n) is 11.5. The van der Waals surface area contributed by atoms with E-state index in [9.17, 15) is 19.4 Å². The number of phosphoric ester groups is 1. The Morgan fingerprint density at radius 2 is 1.27 bits per heavy atom. The number of carbonyl (C=O) groups is 1. The van der Waals surface area contributed by atoms with Crippen molar-refractivity contribution in [3.63, 3.8) is 0 Å². The molecule has 3 N–H and O–H groups in total. The molecule has 0 amide bonds. The summed E-state index contributed by atoms with van der Waals surface area (Å²) in [7, 11) is -4.50. The molecule has 264 valence electrons. The molecule has 0 radical (unpaired) electrons. The summed E-state index contributed by atoms with van der Waals surface area (Å²) in [6, 6.07) is 0. The van der Waals surface area contributed by atoms with Crippen LogP contribution >= 0.6 is 7.82 Å². The number of carbonyl (C=O) groups excluding carboxylic acids is 1. The largest absolute Gasteiger partial charge is 0.472 e. The van der Waals surface area contributed by atoms with Gasteiger partial charge in [-0.05, 0) is 44.9 Å². The van der Waals surface area contributed by atoms with Crippen LogP contribution in [0.2, 0.25) is 0 Å². The fraction of sp³-hybridized carbons (Fsp3) is 0.800. The lowest BCUT2D eigenvalue weighted by Gasteiger charge is -2.20. The molecule has 0 rings (SSSR count). The van der Waals surface area contributed by atoms with Crippen molar-refractivity contribution in [1.29, 1.82) is 0 Å². The molecule has 0 aromatic carbocycles. The second kappa shape index (κ2) is 32.6. The van der Waals surface area contributed by atoms with E-state index in [1.165, 1.54) is 51.4 Å². The average Bonchev–Trinajstić information content (AvgIpc) is 3.03. The van der Waals surface area contributed by atoms with Crippen LogP contribution in [-0.2, 0) is 27.9 Å². The highest BCUT2D eigenvalue weighted by molar-refractivity contribution is 7.47. The standard InChI is InChI=1S/C35H65O9P/c1-3-5-7-9-11-13-14-15-16-17-18-19-20-22-24-26-28-41-31-34(32-43-45(39,40)42-30-33(37)29-36)44-35(38)27-25-23-21-12-10-8-6-4-2/h5,7,11,13,15-16,33-34,36-37H,3-4,6,8-10,12,14,17-32H2,1-2H3,(H,39,40)/b7-5-,13-11-,16-15-. The molecule has 3 atom stereocenters. The van der Waals surface area contributed by atoms with Gasteiger partial charge in [-0.2, -0.15) is 0 Å². The van der Waals surface area contributed by atoms with Gasteiger partial charge in [-0.1, -0.05) is 121 Å². The zero-order chi connectivity index (χ0) is 33.3. The highest BCUT2D eigenvalue weighted by Gasteiger charge is 2.26. The normalized spacial score (nSPS) is 14.9. The number of ether oxygens (including phenoxy) is 2. The fourth-order valence-corrected chi connectivity index (χ4v) is 5.22. The molecule has 0 heterocycles. The van der Waals surface area contributed by atoms with Crippen molar-refractivity contribution >= 4 is 13.8 Å². The molecule has 0 saturated carbocycles. The Balaban J connectivity index is 4.23. The summed E-state index contributed by atoms with van der Waals surface area (Å²) in [6.07, 6.45) is 31.1. The first-order valence-electron chi connectivity index (χ1n) is 17.5. The quantitative estimate of drug-likeness (QED) is 0.0274. The van der Waals surface area contributed by atoms with Gasteiger partial charge in [0.15, 0.2) is 0 Å². The van der Waals surface area contributed by atoms with Gasteiger partial charge in [0, 0.05) is 13.0 Å². The lowest BCUT2D eigenvalue weighted by atomic mass is 10.1. The SMILES string of the molecule is CC/C=C\C/C=C\C/C=C\CCCCCCCCOCC(COP(=O)(O)OCC(O)CO)OC(=O)CCCCCCCCCC. The average molecular weight is 661 g/mol. The molecule has 45 heavy (non-hydrogen) atoms. The minimum atomic E-state index is -4.50. The number of rotatable bonds is 33. The summed E-state index contributed by atoms with van der Waals surface area (Å²) in [5.41, 5.74) is 0. The lowest BCUT2D eigenvalue weighted by Crippen LogP contribution is -2.29. The van der Waals surface area contributed by atoms with Gasteiger partial charge < -0.3 is 24.6 Å². The van der Waals surface area contributed by atoms with E-state index in [0.717, 1.165) is 64.2 Å². The van der Waals surface area contributed by atoms with Crippen LogP contribution in [0.4, 0.5) is 0 Å². The molecule has 0 aromatic heterocycles. The molecular formula is C35H65O9P. The smallest absolute Gasteiger partial charge is 0.457 e. The van der Waals surface area contributed by atoms with Crippen LogP contribution in [-0.4, -0.2) is 66.3 Å². The van der Waals surface area contributed by atoms with Gasteiger partial charge in [-0.25, -0.2) is 4.57 Å². The number of hydrogen-bond acceptors (Lipinski definition) is 8. The number of unbranched alkanes of at least 4 members (excludes halogenated alkanes) is 13. The molecule has 9 nitrogen and oxygen atoms in total. The van der Waals surface area contributed by atoms with E-state index in [-0.39, 0.29) is 19.6 Å². The van der Waals surface area contributed by atoms with Crippen LogP contribution in [0.1, 0.15) is 136 Å². The molecule has 0 fully saturated rings. The number of allylic oxidation sites excluding steroid dienone is 6. The first kappa shape index (κ1) is 43.7. The Morgan fingerprint density at radius 3 is 1.91 bits per heavy atom. The minimum Gasteiger partial charge on any atom is -0.457 e. The maximum atomic E-state index is 12.4. The molecule has 0 saturated heterocycles. The Labute approximate surface area is 274 Å². The Morgan fingerprint density at radius 1 is 0.711 bits per heavy atom. The summed E-state index contributed by atoms with van der Waals surface area (Å²) in [5, 5.41) is 18.2. The molecule has 0 aliphatic carbocycles. The maximum absolute atomic E-state index is 12.4. The maximum Gasteiger partial charge on any atom is 0.472 e. The first-order valence-corrected chi connectivity index (χ1v) is 19.0. The van der Waals surface area contributed by atoms with Crippen molar-refractivity contribution in [2.45, 2.75) is 148 Å². The van der Waals surface area contributed by atoms with Crippen molar-refractivity contribution < 1.29 is 43.0 Å². The summed E-state index contributed by atoms with van der Waals surface area (Å²) in [6.45, 7) is 3.32. The van der Waals surface area contributed by atoms with Crippen molar-refractivity contribution in [1.82, 2.24) is 0 Å². The summed E-state index contributed by atoms with van der Waals surface area (Å²) in [4.78, 5) is 22.3. The van der Waals surface area contributed by atoms with Gasteiger partial charge >= 0.3 is 13.8 Å². The van der Waals surface area contributed by atoms with Crippen LogP contribution in [0.15, 0.2) is 36.5 Å². The van der Waals surface area contributed by atoms with Crippen LogP contribution in [0.5, 0.6) is 0 Å². The highest BCUT2D eigenvalue weighted by atomic mass is 31.2. The molecule has 0 aliphatic heterocycles. The number of aliphatic hydroxyl groups excluding tert-OH is 2. The second-order valence-corrected chi connectivity index (χ2v) is 13.0. The molecule has 0 bridgehead atoms. The summed E-state index contributed by atoms with van der Waals surface area (Å²) < 4.78 is 33.1. The van der Waals surface area contributed by atoms with Crippen LogP contribution in [0.3, 0.4) is 0 Å². The van der Waals surface area contributed by atoms with E-state index in [1.54, 1.807) is 0 Å². The predicted molar refractivity (Wildman–Crippen MR) is 182 cm³/mol. The molecule has 3 unspecified atom stereocenters. The zero-order valence-corrected chi connectivity index (χ0v) is 29.2. The zero-order valence-electron chi connectivity index (χ0n) is 28.3. The number of aliphatic hydroxyl groups is 2. The van der Waals surface area contributed by atoms with Gasteiger partial charge in [0.05, 0.1) is 26.4 Å². The molecule has 0 aromatic rings. The molecule has 0 aliphatic rings. The van der Waals surface area contributed by atoms with Gasteiger partial charge in [-0.3, -0.25) is 13.8 Å². The van der Waals surface area contributed by atoms with Crippen LogP contribution in [0.25, 0.3) is 0 Å². The Hall–Kier alpha value is -1.32. The third-order valence-electron chi connectivity index (χ3n) is 7.09. The van der Waals surface area contributed by atoms with E-state index < -0.39 is 39.2 Å². The van der Waals surface area contributed by atoms with Gasteiger partial charge in [0.25, 0.3) is 0 Å². The van der Waals surface area contributed by atoms with Gasteiger partial charge in [-0.15, -0.1) is 0 Å². The van der Waals surface area contributed by atoms with E-state index in [2.05, 4.69) is 50.3 Å². The Kier molecular flexibility index (Phi) is 31.7. The topological polar surface area (TPSA) is 132 Å². The third-order valence-corrected chi connectivity index (χ3v) is 8.04. The third kappa shape index (κ3) is 32.4. The van der Waals surface area contributed by atoms with Crippen molar-refractivity contribution in [2.75, 3.05) is 33.0 Å². The molecule has 10 heteroatoms. The van der Waals surface area contributed by atoms with E-state index >= 15 is 0 Å². The van der Waals surface area contributed by atoms with Crippen molar-refractivity contribution in [3.8, 4) is 0 Å². The number of esters is 1. The summed E-state index contributed by atoms with van der Waals surface area (Å²) >= 11 is 0. The first-order chi connectivity index (χ1) is 21.8. The van der Waals surface area contributed by atoms with Gasteiger partial charge in [0.1, 0.15) is 12.2 Å². The van der Waals surface area contributed by atoms with E-state index in [1.807, 2.05) is 0 Å². The van der Waals surface area contributed by atoms with Gasteiger partial charge in [0.2, 0.25) is 0 Å².